The van der Waals surface area contributed by atoms with Gasteiger partial charge in [0.15, 0.2) is 0 Å². The second-order valence-electron chi connectivity index (χ2n) is 5.03. The maximum absolute atomic E-state index is 14.0. The molecule has 0 aromatic heterocycles. The zero-order valence-electron chi connectivity index (χ0n) is 11.3. The number of nitrogens with one attached hydrogen (secondary N) is 2. The van der Waals surface area contributed by atoms with Crippen molar-refractivity contribution in [2.45, 2.75) is 13.0 Å². The van der Waals surface area contributed by atoms with Gasteiger partial charge in [0.25, 0.3) is 0 Å². The van der Waals surface area contributed by atoms with E-state index in [1.54, 1.807) is 25.2 Å². The molecular formula is C14H20FN3O. The SMILES string of the molecule is CNCC1C(=O)NCC(C)CN1c1ccccc1F. The molecule has 1 aliphatic rings. The summed E-state index contributed by atoms with van der Waals surface area (Å²) in [6.07, 6.45) is 0. The van der Waals surface area contributed by atoms with Gasteiger partial charge in [-0.15, -0.1) is 0 Å². The van der Waals surface area contributed by atoms with Crippen LogP contribution in [-0.4, -0.2) is 38.6 Å². The van der Waals surface area contributed by atoms with Crippen LogP contribution in [0.3, 0.4) is 0 Å². The molecule has 1 heterocycles. The van der Waals surface area contributed by atoms with E-state index in [9.17, 15) is 9.18 Å². The Kier molecular flexibility index (Phi) is 4.37. The smallest absolute Gasteiger partial charge is 0.244 e. The largest absolute Gasteiger partial charge is 0.356 e. The molecule has 19 heavy (non-hydrogen) atoms. The minimum absolute atomic E-state index is 0.0537. The van der Waals surface area contributed by atoms with Crippen molar-refractivity contribution in [3.8, 4) is 0 Å². The summed E-state index contributed by atoms with van der Waals surface area (Å²) < 4.78 is 14.0. The van der Waals surface area contributed by atoms with Gasteiger partial charge in [0, 0.05) is 19.6 Å². The molecule has 0 aliphatic carbocycles. The van der Waals surface area contributed by atoms with E-state index in [2.05, 4.69) is 17.6 Å². The molecule has 0 spiro atoms. The van der Waals surface area contributed by atoms with Gasteiger partial charge in [-0.25, -0.2) is 4.39 Å². The molecule has 5 heteroatoms. The van der Waals surface area contributed by atoms with Gasteiger partial charge in [-0.3, -0.25) is 4.79 Å². The van der Waals surface area contributed by atoms with Crippen LogP contribution >= 0.6 is 0 Å². The quantitative estimate of drug-likeness (QED) is 0.856. The van der Waals surface area contributed by atoms with E-state index < -0.39 is 0 Å². The number of rotatable bonds is 3. The van der Waals surface area contributed by atoms with Gasteiger partial charge < -0.3 is 15.5 Å². The van der Waals surface area contributed by atoms with Gasteiger partial charge in [0.05, 0.1) is 5.69 Å². The number of anilines is 1. The number of carbonyl (C=O) groups excluding carboxylic acids is 1. The molecule has 1 saturated heterocycles. The molecule has 2 unspecified atom stereocenters. The van der Waals surface area contributed by atoms with Crippen molar-refractivity contribution in [2.24, 2.45) is 5.92 Å². The van der Waals surface area contributed by atoms with E-state index in [-0.39, 0.29) is 23.7 Å². The lowest BCUT2D eigenvalue weighted by Crippen LogP contribution is -2.50. The van der Waals surface area contributed by atoms with Gasteiger partial charge in [-0.05, 0) is 25.1 Å². The molecule has 1 amide bonds. The molecule has 4 nitrogen and oxygen atoms in total. The normalized spacial score (nSPS) is 23.9. The van der Waals surface area contributed by atoms with Crippen LogP contribution in [0.2, 0.25) is 0 Å². The summed E-state index contributed by atoms with van der Waals surface area (Å²) in [4.78, 5) is 14.0. The average molecular weight is 265 g/mol. The molecule has 1 aromatic carbocycles. The number of amides is 1. The number of benzene rings is 1. The third-order valence-electron chi connectivity index (χ3n) is 3.37. The molecule has 0 bridgehead atoms. The molecule has 2 rings (SSSR count). The third-order valence-corrected chi connectivity index (χ3v) is 3.37. The number of para-hydroxylation sites is 1. The summed E-state index contributed by atoms with van der Waals surface area (Å²) >= 11 is 0. The Morgan fingerprint density at radius 3 is 2.89 bits per heavy atom. The molecule has 1 fully saturated rings. The van der Waals surface area contributed by atoms with E-state index in [4.69, 9.17) is 0 Å². The van der Waals surface area contributed by atoms with Crippen molar-refractivity contribution in [1.82, 2.24) is 10.6 Å². The Hall–Kier alpha value is -1.62. The molecule has 2 atom stereocenters. The molecule has 1 aliphatic heterocycles. The highest BCUT2D eigenvalue weighted by molar-refractivity contribution is 5.86. The molecule has 104 valence electrons. The first kappa shape index (κ1) is 13.8. The fourth-order valence-corrected chi connectivity index (χ4v) is 2.41. The summed E-state index contributed by atoms with van der Waals surface area (Å²) in [5.74, 6) is -0.0575. The summed E-state index contributed by atoms with van der Waals surface area (Å²) in [6.45, 7) is 3.83. The van der Waals surface area contributed by atoms with Crippen molar-refractivity contribution in [3.05, 3.63) is 30.1 Å². The lowest BCUT2D eigenvalue weighted by molar-refractivity contribution is -0.122. The van der Waals surface area contributed by atoms with Crippen molar-refractivity contribution in [1.29, 1.82) is 0 Å². The Morgan fingerprint density at radius 1 is 1.47 bits per heavy atom. The summed E-state index contributed by atoms with van der Waals surface area (Å²) in [5, 5.41) is 5.91. The van der Waals surface area contributed by atoms with Gasteiger partial charge >= 0.3 is 0 Å². The van der Waals surface area contributed by atoms with Crippen LogP contribution in [0.5, 0.6) is 0 Å². The maximum Gasteiger partial charge on any atom is 0.244 e. The van der Waals surface area contributed by atoms with Crippen molar-refractivity contribution in [2.75, 3.05) is 31.6 Å². The highest BCUT2D eigenvalue weighted by Crippen LogP contribution is 2.23. The van der Waals surface area contributed by atoms with Gasteiger partial charge in [-0.2, -0.15) is 0 Å². The number of hydrogen-bond donors (Lipinski definition) is 2. The Balaban J connectivity index is 2.36. The molecule has 2 N–H and O–H groups in total. The summed E-state index contributed by atoms with van der Waals surface area (Å²) in [5.41, 5.74) is 0.492. The van der Waals surface area contributed by atoms with Crippen LogP contribution < -0.4 is 15.5 Å². The van der Waals surface area contributed by atoms with Crippen molar-refractivity contribution >= 4 is 11.6 Å². The first-order chi connectivity index (χ1) is 9.13. The fourth-order valence-electron chi connectivity index (χ4n) is 2.41. The molecule has 0 radical (unpaired) electrons. The summed E-state index contributed by atoms with van der Waals surface area (Å²) in [6, 6.07) is 6.23. The van der Waals surface area contributed by atoms with Crippen LogP contribution in [-0.2, 0) is 4.79 Å². The minimum Gasteiger partial charge on any atom is -0.356 e. The Bertz CT molecular complexity index is 452. The zero-order chi connectivity index (χ0) is 13.8. The van der Waals surface area contributed by atoms with E-state index >= 15 is 0 Å². The molecule has 1 aromatic rings. The number of hydrogen-bond acceptors (Lipinski definition) is 3. The Morgan fingerprint density at radius 2 is 2.21 bits per heavy atom. The van der Waals surface area contributed by atoms with Crippen LogP contribution in [0, 0.1) is 11.7 Å². The topological polar surface area (TPSA) is 44.4 Å². The Labute approximate surface area is 113 Å². The predicted molar refractivity (Wildman–Crippen MR) is 73.6 cm³/mol. The lowest BCUT2D eigenvalue weighted by atomic mass is 10.1. The second kappa shape index (κ2) is 6.02. The van der Waals surface area contributed by atoms with E-state index in [0.717, 1.165) is 0 Å². The number of nitrogens with zero attached hydrogens (tertiary/aromatic N) is 1. The molecular weight excluding hydrogens is 245 g/mol. The van der Waals surface area contributed by atoms with E-state index in [1.807, 2.05) is 4.90 Å². The maximum atomic E-state index is 14.0. The number of halogens is 1. The van der Waals surface area contributed by atoms with Gasteiger partial charge in [-0.1, -0.05) is 19.1 Å². The number of likely N-dealkylation sites (N-methyl/N-ethyl adjacent to an activating group) is 1. The van der Waals surface area contributed by atoms with Crippen molar-refractivity contribution in [3.63, 3.8) is 0 Å². The third kappa shape index (κ3) is 3.04. The minimum atomic E-state index is -0.383. The second-order valence-corrected chi connectivity index (χ2v) is 5.03. The number of carbonyl (C=O) groups is 1. The van der Waals surface area contributed by atoms with Crippen LogP contribution in [0.4, 0.5) is 10.1 Å². The van der Waals surface area contributed by atoms with Crippen LogP contribution in [0.25, 0.3) is 0 Å². The van der Waals surface area contributed by atoms with Crippen LogP contribution in [0.15, 0.2) is 24.3 Å². The first-order valence-electron chi connectivity index (χ1n) is 6.57. The average Bonchev–Trinajstić information content (AvgIpc) is 2.53. The monoisotopic (exact) mass is 265 g/mol. The predicted octanol–water partition coefficient (Wildman–Crippen LogP) is 0.986. The zero-order valence-corrected chi connectivity index (χ0v) is 11.3. The van der Waals surface area contributed by atoms with Gasteiger partial charge in [0.2, 0.25) is 5.91 Å². The van der Waals surface area contributed by atoms with E-state index in [1.165, 1.54) is 6.07 Å². The first-order valence-corrected chi connectivity index (χ1v) is 6.57. The van der Waals surface area contributed by atoms with Crippen LogP contribution in [0.1, 0.15) is 6.92 Å². The van der Waals surface area contributed by atoms with Gasteiger partial charge in [0.1, 0.15) is 11.9 Å². The highest BCUT2D eigenvalue weighted by Gasteiger charge is 2.31. The molecule has 0 saturated carbocycles. The fraction of sp³-hybridized carbons (Fsp3) is 0.500. The standard InChI is InChI=1S/C14H20FN3O/c1-10-7-17-14(19)13(8-16-2)18(9-10)12-6-4-3-5-11(12)15/h3-6,10,13,16H,7-9H2,1-2H3,(H,17,19). The summed E-state index contributed by atoms with van der Waals surface area (Å²) in [7, 11) is 1.79. The highest BCUT2D eigenvalue weighted by atomic mass is 19.1. The lowest BCUT2D eigenvalue weighted by Gasteiger charge is -2.31. The van der Waals surface area contributed by atoms with Crippen molar-refractivity contribution < 1.29 is 9.18 Å². The van der Waals surface area contributed by atoms with E-state index in [0.29, 0.717) is 25.3 Å².